The molecule has 0 unspecified atom stereocenters. The Labute approximate surface area is 240 Å². The van der Waals surface area contributed by atoms with Crippen LogP contribution in [-0.2, 0) is 38.7 Å². The highest BCUT2D eigenvalue weighted by Gasteiger charge is 2.58. The van der Waals surface area contributed by atoms with Crippen molar-refractivity contribution in [2.75, 3.05) is 0 Å². The summed E-state index contributed by atoms with van der Waals surface area (Å²) in [6, 6.07) is 26.8. The first kappa shape index (κ1) is 26.9. The van der Waals surface area contributed by atoms with Crippen LogP contribution in [0.4, 0.5) is 0 Å². The molecule has 3 aromatic carbocycles. The highest BCUT2D eigenvalue weighted by atomic mass is 16.6. The van der Waals surface area contributed by atoms with Gasteiger partial charge in [0.05, 0.1) is 5.41 Å². The second-order valence-corrected chi connectivity index (χ2v) is 11.7. The number of esters is 2. The van der Waals surface area contributed by atoms with E-state index in [0.29, 0.717) is 12.8 Å². The summed E-state index contributed by atoms with van der Waals surface area (Å²) in [5.74, 6) is -1.02. The molecule has 1 saturated carbocycles. The van der Waals surface area contributed by atoms with E-state index in [9.17, 15) is 14.4 Å². The number of hydrogen-bond donors (Lipinski definition) is 0. The zero-order valence-electron chi connectivity index (χ0n) is 23.6. The number of Topliss-reactive ketones (excluding diaryl/α,β-unsaturated/α-hetero) is 1. The lowest BCUT2D eigenvalue weighted by atomic mass is 9.60. The summed E-state index contributed by atoms with van der Waals surface area (Å²) in [5, 5.41) is 0. The summed E-state index contributed by atoms with van der Waals surface area (Å²) in [4.78, 5) is 41.9. The minimum absolute atomic E-state index is 0.0721. The van der Waals surface area contributed by atoms with Gasteiger partial charge in [-0.1, -0.05) is 96.1 Å². The van der Waals surface area contributed by atoms with Gasteiger partial charge in [-0.3, -0.25) is 14.4 Å². The van der Waals surface area contributed by atoms with Crippen LogP contribution in [0.15, 0.2) is 107 Å². The van der Waals surface area contributed by atoms with Crippen LogP contribution < -0.4 is 0 Å². The van der Waals surface area contributed by atoms with Gasteiger partial charge in [0, 0.05) is 5.56 Å². The predicted octanol–water partition coefficient (Wildman–Crippen LogP) is 7.11. The van der Waals surface area contributed by atoms with Gasteiger partial charge >= 0.3 is 11.9 Å². The van der Waals surface area contributed by atoms with Crippen molar-refractivity contribution in [1.82, 2.24) is 0 Å². The van der Waals surface area contributed by atoms with Crippen molar-refractivity contribution in [1.29, 1.82) is 0 Å². The number of carbonyl (C=O) groups is 3. The molecule has 3 aliphatic rings. The molecule has 0 aromatic heterocycles. The second-order valence-electron chi connectivity index (χ2n) is 11.7. The summed E-state index contributed by atoms with van der Waals surface area (Å²) in [6.07, 6.45) is 2.52. The fourth-order valence-electron chi connectivity index (χ4n) is 6.93. The molecule has 3 aromatic rings. The van der Waals surface area contributed by atoms with E-state index in [0.717, 1.165) is 51.0 Å². The largest absolute Gasteiger partial charge is 0.460 e. The van der Waals surface area contributed by atoms with Crippen LogP contribution in [0.1, 0.15) is 66.6 Å². The van der Waals surface area contributed by atoms with Crippen LogP contribution in [0, 0.1) is 10.8 Å². The van der Waals surface area contributed by atoms with Crippen molar-refractivity contribution in [3.05, 3.63) is 129 Å². The van der Waals surface area contributed by atoms with Gasteiger partial charge in [-0.15, -0.1) is 0 Å². The van der Waals surface area contributed by atoms with Gasteiger partial charge in [0.15, 0.2) is 11.2 Å². The maximum Gasteiger partial charge on any atom is 0.324 e. The normalized spacial score (nSPS) is 21.0. The molecule has 6 rings (SSSR count). The first-order valence-electron chi connectivity index (χ1n) is 14.3. The number of allylic oxidation sites excluding steroid dienone is 4. The van der Waals surface area contributed by atoms with E-state index in [1.54, 1.807) is 0 Å². The molecule has 1 fully saturated rings. The number of ether oxygens (including phenoxy) is 2. The summed E-state index contributed by atoms with van der Waals surface area (Å²) in [5.41, 5.74) is 5.38. The average molecular weight is 547 g/mol. The molecule has 0 N–H and O–H groups in total. The third kappa shape index (κ3) is 4.63. The molecule has 41 heavy (non-hydrogen) atoms. The maximum absolute atomic E-state index is 14.0. The fourth-order valence-corrected chi connectivity index (χ4v) is 6.93. The lowest BCUT2D eigenvalue weighted by molar-refractivity contribution is -0.173. The summed E-state index contributed by atoms with van der Waals surface area (Å²) >= 11 is 0. The summed E-state index contributed by atoms with van der Waals surface area (Å²) in [7, 11) is 0. The standard InChI is InChI=1S/C36H34O5/c1-24-19-35(18-17-28-15-9-10-16-29(28)32(35)37)25(2)31-21-36(20-30(24)31,33(38)40-22-26-11-5-3-6-12-26)34(39)41-23-27-13-7-4-8-14-27/h3-16H,17-23H2,1-2H3/t35-/m1/s1. The van der Waals surface area contributed by atoms with Crippen molar-refractivity contribution in [3.8, 4) is 0 Å². The van der Waals surface area contributed by atoms with Crippen LogP contribution >= 0.6 is 0 Å². The quantitative estimate of drug-likeness (QED) is 0.244. The third-order valence-corrected chi connectivity index (χ3v) is 9.30. The Morgan fingerprint density at radius 1 is 0.707 bits per heavy atom. The average Bonchev–Trinajstić information content (AvgIpc) is 3.43. The second kappa shape index (κ2) is 10.6. The summed E-state index contributed by atoms with van der Waals surface area (Å²) in [6.45, 7) is 4.21. The number of hydrogen-bond acceptors (Lipinski definition) is 5. The Morgan fingerprint density at radius 2 is 1.24 bits per heavy atom. The Kier molecular flexibility index (Phi) is 6.98. The molecule has 3 aliphatic carbocycles. The van der Waals surface area contributed by atoms with Crippen molar-refractivity contribution < 1.29 is 23.9 Å². The molecule has 1 spiro atoms. The van der Waals surface area contributed by atoms with Crippen molar-refractivity contribution in [2.24, 2.45) is 10.8 Å². The van der Waals surface area contributed by atoms with Gasteiger partial charge in [-0.25, -0.2) is 0 Å². The Bertz CT molecular complexity index is 1520. The zero-order chi connectivity index (χ0) is 28.6. The SMILES string of the molecule is CC1=C2CC(C(=O)OCc3ccccc3)(C(=O)OCc3ccccc3)CC2=C(C)[C@@]2(CCc3ccccc3C2=O)C1. The van der Waals surface area contributed by atoms with Crippen LogP contribution in [-0.4, -0.2) is 17.7 Å². The molecule has 5 heteroatoms. The van der Waals surface area contributed by atoms with E-state index in [2.05, 4.69) is 0 Å². The van der Waals surface area contributed by atoms with E-state index < -0.39 is 22.8 Å². The molecule has 0 saturated heterocycles. The molecule has 1 atom stereocenters. The highest BCUT2D eigenvalue weighted by Crippen LogP contribution is 2.58. The Balaban J connectivity index is 1.35. The first-order chi connectivity index (χ1) is 19.8. The monoisotopic (exact) mass is 546 g/mol. The van der Waals surface area contributed by atoms with Crippen LogP contribution in [0.3, 0.4) is 0 Å². The molecule has 5 nitrogen and oxygen atoms in total. The zero-order valence-corrected chi connectivity index (χ0v) is 23.6. The minimum atomic E-state index is -1.50. The number of fused-ring (bicyclic) bond motifs is 2. The van der Waals surface area contributed by atoms with Crippen molar-refractivity contribution >= 4 is 17.7 Å². The molecular weight excluding hydrogens is 512 g/mol. The number of rotatable bonds is 6. The van der Waals surface area contributed by atoms with Gasteiger partial charge in [0.2, 0.25) is 0 Å². The van der Waals surface area contributed by atoms with Gasteiger partial charge < -0.3 is 9.47 Å². The smallest absolute Gasteiger partial charge is 0.324 e. The molecule has 0 bridgehead atoms. The Hall–Kier alpha value is -4.25. The van der Waals surface area contributed by atoms with E-state index in [1.165, 1.54) is 0 Å². The highest BCUT2D eigenvalue weighted by molar-refractivity contribution is 6.06. The van der Waals surface area contributed by atoms with Crippen molar-refractivity contribution in [2.45, 2.75) is 59.2 Å². The molecule has 0 radical (unpaired) electrons. The van der Waals surface area contributed by atoms with Crippen LogP contribution in [0.25, 0.3) is 0 Å². The fraction of sp³-hybridized carbons (Fsp3) is 0.306. The molecule has 208 valence electrons. The third-order valence-electron chi connectivity index (χ3n) is 9.30. The van der Waals surface area contributed by atoms with E-state index in [1.807, 2.05) is 98.8 Å². The van der Waals surface area contributed by atoms with E-state index in [-0.39, 0.29) is 31.8 Å². The lowest BCUT2D eigenvalue weighted by Gasteiger charge is -2.42. The molecular formula is C36H34O5. The molecule has 0 aliphatic heterocycles. The van der Waals surface area contributed by atoms with Gasteiger partial charge in [-0.05, 0) is 73.8 Å². The topological polar surface area (TPSA) is 69.7 Å². The van der Waals surface area contributed by atoms with E-state index >= 15 is 0 Å². The van der Waals surface area contributed by atoms with Gasteiger partial charge in [0.25, 0.3) is 0 Å². The van der Waals surface area contributed by atoms with Crippen molar-refractivity contribution in [3.63, 3.8) is 0 Å². The van der Waals surface area contributed by atoms with E-state index in [4.69, 9.17) is 9.47 Å². The van der Waals surface area contributed by atoms with Crippen LogP contribution in [0.5, 0.6) is 0 Å². The summed E-state index contributed by atoms with van der Waals surface area (Å²) < 4.78 is 11.6. The number of aryl methyl sites for hydroxylation is 1. The van der Waals surface area contributed by atoms with Crippen LogP contribution in [0.2, 0.25) is 0 Å². The van der Waals surface area contributed by atoms with Gasteiger partial charge in [0.1, 0.15) is 13.2 Å². The first-order valence-corrected chi connectivity index (χ1v) is 14.3. The van der Waals surface area contributed by atoms with Gasteiger partial charge in [-0.2, -0.15) is 0 Å². The molecule has 0 amide bonds. The number of benzene rings is 3. The number of carbonyl (C=O) groups excluding carboxylic acids is 3. The Morgan fingerprint density at radius 3 is 1.85 bits per heavy atom. The predicted molar refractivity (Wildman–Crippen MR) is 156 cm³/mol. The number of ketones is 1. The maximum atomic E-state index is 14.0. The lowest BCUT2D eigenvalue weighted by Crippen LogP contribution is -2.40. The molecule has 0 heterocycles. The minimum Gasteiger partial charge on any atom is -0.460 e.